The summed E-state index contributed by atoms with van der Waals surface area (Å²) in [5, 5.41) is 11.0. The topological polar surface area (TPSA) is 54.9 Å². The van der Waals surface area contributed by atoms with Crippen molar-refractivity contribution in [3.63, 3.8) is 0 Å². The average Bonchev–Trinajstić information content (AvgIpc) is 2.93. The van der Waals surface area contributed by atoms with Crippen LogP contribution in [-0.2, 0) is 4.79 Å². The van der Waals surface area contributed by atoms with Crippen LogP contribution in [0.5, 0.6) is 0 Å². The molecule has 0 aliphatic rings. The highest BCUT2D eigenvalue weighted by molar-refractivity contribution is 9.10. The zero-order chi connectivity index (χ0) is 15.9. The first kappa shape index (κ1) is 17.5. The molecule has 0 atom stereocenters. The number of carbonyl (C=O) groups is 1. The maximum absolute atomic E-state index is 11.9. The Morgan fingerprint density at radius 1 is 1.23 bits per heavy atom. The lowest BCUT2D eigenvalue weighted by molar-refractivity contribution is -0.113. The standard InChI is InChI=1S/C14H14BrN3OS3/c1-9(2)7-20-13-17-18-14(22-13)21-8-12(19)16-11-5-3-10(15)4-6-11/h3-6H,1,7-8H2,2H3,(H,16,19). The Labute approximate surface area is 150 Å². The molecule has 0 bridgehead atoms. The lowest BCUT2D eigenvalue weighted by Crippen LogP contribution is -2.13. The van der Waals surface area contributed by atoms with Gasteiger partial charge in [0.15, 0.2) is 8.68 Å². The van der Waals surface area contributed by atoms with Gasteiger partial charge in [-0.25, -0.2) is 0 Å². The molecular formula is C14H14BrN3OS3. The fourth-order valence-electron chi connectivity index (χ4n) is 1.36. The number of nitrogens with one attached hydrogen (secondary N) is 1. The molecule has 0 fully saturated rings. The number of benzene rings is 1. The molecule has 22 heavy (non-hydrogen) atoms. The number of nitrogens with zero attached hydrogens (tertiary/aromatic N) is 2. The van der Waals surface area contributed by atoms with Gasteiger partial charge in [-0.3, -0.25) is 4.79 Å². The highest BCUT2D eigenvalue weighted by Crippen LogP contribution is 2.29. The van der Waals surface area contributed by atoms with Crippen LogP contribution in [-0.4, -0.2) is 27.6 Å². The van der Waals surface area contributed by atoms with E-state index in [4.69, 9.17) is 0 Å². The summed E-state index contributed by atoms with van der Waals surface area (Å²) in [4.78, 5) is 11.9. The summed E-state index contributed by atoms with van der Waals surface area (Å²) in [7, 11) is 0. The van der Waals surface area contributed by atoms with Gasteiger partial charge >= 0.3 is 0 Å². The average molecular weight is 416 g/mol. The molecule has 4 nitrogen and oxygen atoms in total. The van der Waals surface area contributed by atoms with Crippen molar-refractivity contribution in [3.8, 4) is 0 Å². The van der Waals surface area contributed by atoms with Crippen molar-refractivity contribution < 1.29 is 4.79 Å². The number of aromatic nitrogens is 2. The Kier molecular flexibility index (Phi) is 6.94. The molecule has 2 rings (SSSR count). The molecule has 1 aromatic carbocycles. The second-order valence-electron chi connectivity index (χ2n) is 4.42. The van der Waals surface area contributed by atoms with E-state index in [-0.39, 0.29) is 5.91 Å². The lowest BCUT2D eigenvalue weighted by atomic mass is 10.3. The molecule has 0 saturated carbocycles. The van der Waals surface area contributed by atoms with Gasteiger partial charge in [0, 0.05) is 15.9 Å². The van der Waals surface area contributed by atoms with Crippen molar-refractivity contribution in [2.45, 2.75) is 15.6 Å². The second kappa shape index (κ2) is 8.71. The number of thioether (sulfide) groups is 2. The minimum absolute atomic E-state index is 0.0568. The van der Waals surface area contributed by atoms with Crippen molar-refractivity contribution in [2.75, 3.05) is 16.8 Å². The monoisotopic (exact) mass is 415 g/mol. The van der Waals surface area contributed by atoms with Crippen molar-refractivity contribution in [1.29, 1.82) is 0 Å². The summed E-state index contributed by atoms with van der Waals surface area (Å²) in [5.74, 6) is 1.10. The van der Waals surface area contributed by atoms with Crippen LogP contribution < -0.4 is 5.32 Å². The molecule has 1 aromatic heterocycles. The quantitative estimate of drug-likeness (QED) is 0.524. The maximum atomic E-state index is 11.9. The van der Waals surface area contributed by atoms with Gasteiger partial charge in [-0.05, 0) is 31.2 Å². The third kappa shape index (κ3) is 6.12. The van der Waals surface area contributed by atoms with E-state index in [1.165, 1.54) is 23.1 Å². The van der Waals surface area contributed by atoms with Crippen LogP contribution in [0, 0.1) is 0 Å². The Hall–Kier alpha value is -0.830. The predicted molar refractivity (Wildman–Crippen MR) is 98.9 cm³/mol. The maximum Gasteiger partial charge on any atom is 0.234 e. The number of halogens is 1. The molecular weight excluding hydrogens is 402 g/mol. The molecule has 2 aromatic rings. The van der Waals surface area contributed by atoms with Gasteiger partial charge in [0.1, 0.15) is 0 Å². The second-order valence-corrected chi connectivity index (χ2v) is 8.76. The molecule has 0 aliphatic carbocycles. The number of rotatable bonds is 7. The smallest absolute Gasteiger partial charge is 0.234 e. The lowest BCUT2D eigenvalue weighted by Gasteiger charge is -2.03. The predicted octanol–water partition coefficient (Wildman–Crippen LogP) is 4.70. The Morgan fingerprint density at radius 2 is 1.82 bits per heavy atom. The summed E-state index contributed by atoms with van der Waals surface area (Å²) in [6, 6.07) is 7.48. The Bertz CT molecular complexity index is 658. The first-order valence-corrected chi connectivity index (χ1v) is 9.90. The molecule has 0 saturated heterocycles. The molecule has 0 unspecified atom stereocenters. The summed E-state index contributed by atoms with van der Waals surface area (Å²) in [5.41, 5.74) is 1.88. The summed E-state index contributed by atoms with van der Waals surface area (Å²) in [6.07, 6.45) is 0. The minimum Gasteiger partial charge on any atom is -0.325 e. The highest BCUT2D eigenvalue weighted by atomic mass is 79.9. The highest BCUT2D eigenvalue weighted by Gasteiger charge is 2.09. The number of carbonyl (C=O) groups excluding carboxylic acids is 1. The molecule has 1 amide bonds. The summed E-state index contributed by atoms with van der Waals surface area (Å²) in [6.45, 7) is 5.84. The number of hydrogen-bond donors (Lipinski definition) is 1. The fourth-order valence-corrected chi connectivity index (χ4v) is 4.28. The van der Waals surface area contributed by atoms with Gasteiger partial charge in [0.2, 0.25) is 5.91 Å². The minimum atomic E-state index is -0.0568. The Morgan fingerprint density at radius 3 is 2.41 bits per heavy atom. The van der Waals surface area contributed by atoms with Gasteiger partial charge in [0.05, 0.1) is 5.75 Å². The van der Waals surface area contributed by atoms with E-state index in [1.807, 2.05) is 31.2 Å². The van der Waals surface area contributed by atoms with E-state index >= 15 is 0 Å². The summed E-state index contributed by atoms with van der Waals surface area (Å²) >= 11 is 7.87. The molecule has 1 N–H and O–H groups in total. The zero-order valence-electron chi connectivity index (χ0n) is 11.8. The third-order valence-electron chi connectivity index (χ3n) is 2.28. The van der Waals surface area contributed by atoms with Crippen molar-refractivity contribution in [2.24, 2.45) is 0 Å². The molecule has 1 heterocycles. The van der Waals surface area contributed by atoms with Crippen LogP contribution in [0.4, 0.5) is 5.69 Å². The van der Waals surface area contributed by atoms with E-state index < -0.39 is 0 Å². The van der Waals surface area contributed by atoms with Crippen molar-refractivity contribution in [1.82, 2.24) is 10.2 Å². The number of anilines is 1. The van der Waals surface area contributed by atoms with Crippen LogP contribution in [0.2, 0.25) is 0 Å². The van der Waals surface area contributed by atoms with Crippen molar-refractivity contribution >= 4 is 62.4 Å². The van der Waals surface area contributed by atoms with Crippen LogP contribution in [0.15, 0.2) is 49.6 Å². The SMILES string of the molecule is C=C(C)CSc1nnc(SCC(=O)Nc2ccc(Br)cc2)s1. The molecule has 116 valence electrons. The molecule has 0 aliphatic heterocycles. The normalized spacial score (nSPS) is 10.5. The third-order valence-corrected chi connectivity index (χ3v) is 6.23. The molecule has 0 spiro atoms. The van der Waals surface area contributed by atoms with Gasteiger partial charge in [0.25, 0.3) is 0 Å². The van der Waals surface area contributed by atoms with E-state index in [9.17, 15) is 4.79 Å². The van der Waals surface area contributed by atoms with Crippen LogP contribution in [0.1, 0.15) is 6.92 Å². The number of hydrogen-bond acceptors (Lipinski definition) is 6. The van der Waals surface area contributed by atoms with Gasteiger partial charge in [-0.1, -0.05) is 62.9 Å². The van der Waals surface area contributed by atoms with Crippen molar-refractivity contribution in [3.05, 3.63) is 40.9 Å². The zero-order valence-corrected chi connectivity index (χ0v) is 15.9. The van der Waals surface area contributed by atoms with E-state index in [2.05, 4.69) is 38.0 Å². The van der Waals surface area contributed by atoms with E-state index in [0.29, 0.717) is 5.75 Å². The fraction of sp³-hybridized carbons (Fsp3) is 0.214. The first-order valence-electron chi connectivity index (χ1n) is 6.32. The van der Waals surface area contributed by atoms with Gasteiger partial charge in [-0.2, -0.15) is 0 Å². The van der Waals surface area contributed by atoms with Gasteiger partial charge < -0.3 is 5.32 Å². The van der Waals surface area contributed by atoms with Crippen LogP contribution in [0.25, 0.3) is 0 Å². The van der Waals surface area contributed by atoms with E-state index in [1.54, 1.807) is 11.8 Å². The molecule has 8 heteroatoms. The van der Waals surface area contributed by atoms with Crippen LogP contribution >= 0.6 is 50.8 Å². The first-order chi connectivity index (χ1) is 10.5. The Balaban J connectivity index is 1.78. The summed E-state index contributed by atoms with van der Waals surface area (Å²) < 4.78 is 2.68. The van der Waals surface area contributed by atoms with Crippen LogP contribution in [0.3, 0.4) is 0 Å². The largest absolute Gasteiger partial charge is 0.325 e. The molecule has 0 radical (unpaired) electrons. The van der Waals surface area contributed by atoms with E-state index in [0.717, 1.165) is 30.2 Å². The number of amides is 1. The van der Waals surface area contributed by atoms with Gasteiger partial charge in [-0.15, -0.1) is 10.2 Å².